The van der Waals surface area contributed by atoms with Crippen LogP contribution >= 0.6 is 0 Å². The molecule has 1 aromatic heterocycles. The Bertz CT molecular complexity index is 666. The third kappa shape index (κ3) is 2.39. The third-order valence-electron chi connectivity index (χ3n) is 3.32. The zero-order chi connectivity index (χ0) is 14.9. The van der Waals surface area contributed by atoms with Crippen LogP contribution in [0.1, 0.15) is 24.1 Å². The topological polar surface area (TPSA) is 68.7 Å². The van der Waals surface area contributed by atoms with Crippen molar-refractivity contribution in [2.24, 2.45) is 0 Å². The van der Waals surface area contributed by atoms with Crippen LogP contribution in [0, 0.1) is 6.92 Å². The first-order valence-corrected chi connectivity index (χ1v) is 6.24. The normalized spacial score (nSPS) is 12.2. The Morgan fingerprint density at radius 1 is 1.25 bits per heavy atom. The first kappa shape index (κ1) is 14.1. The number of hydrogen-bond acceptors (Lipinski definition) is 4. The first-order chi connectivity index (χ1) is 9.47. The second-order valence-electron chi connectivity index (χ2n) is 4.65. The standard InChI is InChI=1S/C15H17NO4/c1-8-5-10-6-11(19-3)7-12(20-4)14(10)16-13(8)9(2)15(17)18/h5-7,9H,1-4H3,(H,17,18). The number of ether oxygens (including phenoxy) is 2. The molecule has 20 heavy (non-hydrogen) atoms. The Hall–Kier alpha value is -2.30. The van der Waals surface area contributed by atoms with Crippen molar-refractivity contribution in [3.8, 4) is 11.5 Å². The average Bonchev–Trinajstić information content (AvgIpc) is 2.44. The van der Waals surface area contributed by atoms with E-state index in [4.69, 9.17) is 14.6 Å². The molecule has 5 nitrogen and oxygen atoms in total. The molecule has 1 heterocycles. The summed E-state index contributed by atoms with van der Waals surface area (Å²) in [7, 11) is 3.14. The number of fused-ring (bicyclic) bond motifs is 1. The summed E-state index contributed by atoms with van der Waals surface area (Å²) in [6.07, 6.45) is 0. The van der Waals surface area contributed by atoms with Crippen molar-refractivity contribution in [1.82, 2.24) is 4.98 Å². The molecular formula is C15H17NO4. The molecule has 0 spiro atoms. The van der Waals surface area contributed by atoms with Crippen molar-refractivity contribution in [2.45, 2.75) is 19.8 Å². The van der Waals surface area contributed by atoms with E-state index in [9.17, 15) is 4.79 Å². The maximum Gasteiger partial charge on any atom is 0.312 e. The fourth-order valence-electron chi connectivity index (χ4n) is 2.18. The molecule has 0 aliphatic rings. The van der Waals surface area contributed by atoms with E-state index >= 15 is 0 Å². The molecule has 1 unspecified atom stereocenters. The van der Waals surface area contributed by atoms with Crippen LogP contribution in [-0.4, -0.2) is 30.3 Å². The zero-order valence-electron chi connectivity index (χ0n) is 11.9. The number of hydrogen-bond donors (Lipinski definition) is 1. The lowest BCUT2D eigenvalue weighted by Gasteiger charge is -2.13. The van der Waals surface area contributed by atoms with Gasteiger partial charge in [0.25, 0.3) is 0 Å². The smallest absolute Gasteiger partial charge is 0.312 e. The van der Waals surface area contributed by atoms with Crippen molar-refractivity contribution in [1.29, 1.82) is 0 Å². The summed E-state index contributed by atoms with van der Waals surface area (Å²) >= 11 is 0. The van der Waals surface area contributed by atoms with Gasteiger partial charge in [0.1, 0.15) is 17.0 Å². The monoisotopic (exact) mass is 275 g/mol. The second-order valence-corrected chi connectivity index (χ2v) is 4.65. The van der Waals surface area contributed by atoms with E-state index in [1.165, 1.54) is 0 Å². The van der Waals surface area contributed by atoms with Crippen LogP contribution in [0.25, 0.3) is 10.9 Å². The minimum Gasteiger partial charge on any atom is -0.497 e. The molecule has 0 aliphatic heterocycles. The fourth-order valence-corrected chi connectivity index (χ4v) is 2.18. The predicted octanol–water partition coefficient (Wildman–Crippen LogP) is 2.75. The van der Waals surface area contributed by atoms with Gasteiger partial charge in [-0.15, -0.1) is 0 Å². The highest BCUT2D eigenvalue weighted by Gasteiger charge is 2.19. The average molecular weight is 275 g/mol. The fraction of sp³-hybridized carbons (Fsp3) is 0.333. The van der Waals surface area contributed by atoms with Gasteiger partial charge in [-0.2, -0.15) is 0 Å². The first-order valence-electron chi connectivity index (χ1n) is 6.24. The van der Waals surface area contributed by atoms with E-state index in [2.05, 4.69) is 4.98 Å². The van der Waals surface area contributed by atoms with Gasteiger partial charge in [0.2, 0.25) is 0 Å². The Morgan fingerprint density at radius 3 is 2.50 bits per heavy atom. The van der Waals surface area contributed by atoms with Crippen LogP contribution in [0.15, 0.2) is 18.2 Å². The lowest BCUT2D eigenvalue weighted by Crippen LogP contribution is -2.11. The largest absolute Gasteiger partial charge is 0.497 e. The number of pyridine rings is 1. The molecule has 0 saturated heterocycles. The highest BCUT2D eigenvalue weighted by Crippen LogP contribution is 2.32. The lowest BCUT2D eigenvalue weighted by atomic mass is 10.0. The molecule has 1 N–H and O–H groups in total. The van der Waals surface area contributed by atoms with Gasteiger partial charge in [-0.1, -0.05) is 0 Å². The van der Waals surface area contributed by atoms with Gasteiger partial charge in [-0.25, -0.2) is 4.98 Å². The van der Waals surface area contributed by atoms with Crippen LogP contribution in [0.2, 0.25) is 0 Å². The van der Waals surface area contributed by atoms with Crippen molar-refractivity contribution >= 4 is 16.9 Å². The van der Waals surface area contributed by atoms with E-state index in [-0.39, 0.29) is 0 Å². The zero-order valence-corrected chi connectivity index (χ0v) is 11.9. The maximum atomic E-state index is 11.2. The van der Waals surface area contributed by atoms with Crippen LogP contribution < -0.4 is 9.47 Å². The van der Waals surface area contributed by atoms with Gasteiger partial charge < -0.3 is 14.6 Å². The predicted molar refractivity (Wildman–Crippen MR) is 75.6 cm³/mol. The van der Waals surface area contributed by atoms with Gasteiger partial charge >= 0.3 is 5.97 Å². The summed E-state index contributed by atoms with van der Waals surface area (Å²) < 4.78 is 10.5. The van der Waals surface area contributed by atoms with Gasteiger partial charge in [0, 0.05) is 11.5 Å². The molecule has 0 saturated carbocycles. The van der Waals surface area contributed by atoms with Crippen LogP contribution in [0.5, 0.6) is 11.5 Å². The third-order valence-corrected chi connectivity index (χ3v) is 3.32. The number of aryl methyl sites for hydroxylation is 1. The summed E-state index contributed by atoms with van der Waals surface area (Å²) in [5.41, 5.74) is 2.03. The number of methoxy groups -OCH3 is 2. The summed E-state index contributed by atoms with van der Waals surface area (Å²) in [5.74, 6) is -0.314. The SMILES string of the molecule is COc1cc(OC)c2nc(C(C)C(=O)O)c(C)cc2c1. The summed E-state index contributed by atoms with van der Waals surface area (Å²) in [6.45, 7) is 3.48. The molecule has 1 atom stereocenters. The molecule has 0 amide bonds. The van der Waals surface area contributed by atoms with Gasteiger partial charge in [0.15, 0.2) is 0 Å². The van der Waals surface area contributed by atoms with Crippen molar-refractivity contribution in [2.75, 3.05) is 14.2 Å². The van der Waals surface area contributed by atoms with Crippen molar-refractivity contribution in [3.05, 3.63) is 29.5 Å². The minimum absolute atomic E-state index is 0.550. The molecule has 0 aliphatic carbocycles. The number of benzene rings is 1. The lowest BCUT2D eigenvalue weighted by molar-refractivity contribution is -0.138. The highest BCUT2D eigenvalue weighted by atomic mass is 16.5. The molecule has 1 aromatic carbocycles. The molecule has 5 heteroatoms. The van der Waals surface area contributed by atoms with Crippen molar-refractivity contribution in [3.63, 3.8) is 0 Å². The molecular weight excluding hydrogens is 258 g/mol. The van der Waals surface area contributed by atoms with E-state index in [1.54, 1.807) is 27.2 Å². The summed E-state index contributed by atoms with van der Waals surface area (Å²) in [4.78, 5) is 15.6. The van der Waals surface area contributed by atoms with Crippen LogP contribution in [0.3, 0.4) is 0 Å². The molecule has 0 fully saturated rings. The Labute approximate surface area is 117 Å². The molecule has 2 rings (SSSR count). The number of aromatic nitrogens is 1. The van der Waals surface area contributed by atoms with Crippen LogP contribution in [-0.2, 0) is 4.79 Å². The number of carbonyl (C=O) groups is 1. The number of carboxylic acids is 1. The minimum atomic E-state index is -0.896. The van der Waals surface area contributed by atoms with Gasteiger partial charge in [-0.3, -0.25) is 4.79 Å². The van der Waals surface area contributed by atoms with Gasteiger partial charge in [-0.05, 0) is 31.5 Å². The van der Waals surface area contributed by atoms with Crippen LogP contribution in [0.4, 0.5) is 0 Å². The van der Waals surface area contributed by atoms with E-state index in [0.29, 0.717) is 22.7 Å². The molecule has 0 radical (unpaired) electrons. The molecule has 0 bridgehead atoms. The van der Waals surface area contributed by atoms with E-state index in [1.807, 2.05) is 19.1 Å². The molecule has 2 aromatic rings. The number of nitrogens with zero attached hydrogens (tertiary/aromatic N) is 1. The number of carboxylic acid groups (broad SMARTS) is 1. The Balaban J connectivity index is 2.72. The van der Waals surface area contributed by atoms with E-state index < -0.39 is 11.9 Å². The number of aliphatic carboxylic acids is 1. The Kier molecular flexibility index (Phi) is 3.79. The summed E-state index contributed by atoms with van der Waals surface area (Å²) in [5, 5.41) is 10.0. The van der Waals surface area contributed by atoms with Crippen molar-refractivity contribution < 1.29 is 19.4 Å². The Morgan fingerprint density at radius 2 is 1.95 bits per heavy atom. The highest BCUT2D eigenvalue weighted by molar-refractivity contribution is 5.88. The van der Waals surface area contributed by atoms with E-state index in [0.717, 1.165) is 10.9 Å². The summed E-state index contributed by atoms with van der Waals surface area (Å²) in [6, 6.07) is 5.50. The maximum absolute atomic E-state index is 11.2. The van der Waals surface area contributed by atoms with Gasteiger partial charge in [0.05, 0.1) is 25.8 Å². The molecule has 106 valence electrons. The quantitative estimate of drug-likeness (QED) is 0.929. The number of rotatable bonds is 4. The second kappa shape index (κ2) is 5.36.